The highest BCUT2D eigenvalue weighted by atomic mass is 16.5. The van der Waals surface area contributed by atoms with Gasteiger partial charge >= 0.3 is 0 Å². The van der Waals surface area contributed by atoms with Gasteiger partial charge < -0.3 is 4.74 Å². The second-order valence-corrected chi connectivity index (χ2v) is 10.4. The summed E-state index contributed by atoms with van der Waals surface area (Å²) >= 11 is 0. The van der Waals surface area contributed by atoms with E-state index < -0.39 is 0 Å². The Labute approximate surface area is 216 Å². The predicted octanol–water partition coefficient (Wildman–Crippen LogP) is 7.44. The van der Waals surface area contributed by atoms with Gasteiger partial charge in [0.2, 0.25) is 0 Å². The first-order valence-corrected chi connectivity index (χ1v) is 12.4. The predicted molar refractivity (Wildman–Crippen MR) is 148 cm³/mol. The number of aryl methyl sites for hydroxylation is 2. The summed E-state index contributed by atoms with van der Waals surface area (Å²) in [5, 5.41) is 0. The molecule has 6 aromatic rings. The van der Waals surface area contributed by atoms with Crippen molar-refractivity contribution in [2.45, 2.75) is 40.0 Å². The van der Waals surface area contributed by atoms with Crippen LogP contribution in [-0.2, 0) is 5.41 Å². The highest BCUT2D eigenvalue weighted by Gasteiger charge is 2.18. The fraction of sp³-hybridized carbons (Fsp3) is 0.194. The van der Waals surface area contributed by atoms with Gasteiger partial charge in [-0.1, -0.05) is 39.0 Å². The minimum Gasteiger partial charge on any atom is -0.457 e. The zero-order valence-electron chi connectivity index (χ0n) is 21.7. The Morgan fingerprint density at radius 1 is 0.811 bits per heavy atom. The summed E-state index contributed by atoms with van der Waals surface area (Å²) in [6, 6.07) is 24.4. The monoisotopic (exact) mass is 487 g/mol. The molecule has 0 fully saturated rings. The number of fused-ring (bicyclic) bond motifs is 2. The quantitative estimate of drug-likeness (QED) is 0.259. The molecule has 0 radical (unpaired) electrons. The molecular weight excluding hydrogens is 458 g/mol. The number of rotatable bonds is 4. The van der Waals surface area contributed by atoms with Gasteiger partial charge in [0.25, 0.3) is 0 Å². The van der Waals surface area contributed by atoms with Gasteiger partial charge in [-0.15, -0.1) is 0 Å². The third kappa shape index (κ3) is 4.14. The van der Waals surface area contributed by atoms with Gasteiger partial charge in [-0.3, -0.25) is 14.0 Å². The number of benzene rings is 2. The number of hydrogen-bond donors (Lipinski definition) is 0. The van der Waals surface area contributed by atoms with Gasteiger partial charge in [-0.2, -0.15) is 0 Å². The van der Waals surface area contributed by atoms with E-state index >= 15 is 0 Å². The fourth-order valence-electron chi connectivity index (χ4n) is 4.69. The van der Waals surface area contributed by atoms with Crippen LogP contribution in [0.4, 0.5) is 0 Å². The van der Waals surface area contributed by atoms with Crippen molar-refractivity contribution in [2.75, 3.05) is 0 Å². The lowest BCUT2D eigenvalue weighted by Gasteiger charge is -2.20. The van der Waals surface area contributed by atoms with Crippen molar-refractivity contribution >= 4 is 16.7 Å². The number of pyridine rings is 2. The Hall–Kier alpha value is -4.45. The first kappa shape index (κ1) is 23.0. The van der Waals surface area contributed by atoms with Crippen molar-refractivity contribution < 1.29 is 4.74 Å². The first-order valence-electron chi connectivity index (χ1n) is 12.4. The highest BCUT2D eigenvalue weighted by molar-refractivity contribution is 5.77. The summed E-state index contributed by atoms with van der Waals surface area (Å²) in [5.74, 6) is 1.45. The molecule has 0 atom stereocenters. The van der Waals surface area contributed by atoms with Crippen molar-refractivity contribution in [1.29, 1.82) is 0 Å². The fourth-order valence-corrected chi connectivity index (χ4v) is 4.69. The van der Waals surface area contributed by atoms with Gasteiger partial charge in [-0.05, 0) is 61.2 Å². The molecule has 0 aliphatic heterocycles. The molecule has 0 amide bonds. The van der Waals surface area contributed by atoms with Crippen LogP contribution in [0.15, 0.2) is 85.3 Å². The maximum absolute atomic E-state index is 6.43. The average molecular weight is 488 g/mol. The van der Waals surface area contributed by atoms with E-state index in [4.69, 9.17) is 14.7 Å². The number of ether oxygens (including phenoxy) is 1. The number of imidazole rings is 2. The normalized spacial score (nSPS) is 11.9. The standard InChI is InChI=1S/C31H29N5O/c1-20-21(2)36-29(27-15-22(13-14-32-27)31(3,4)5)17-25(18-30(36)34-20)37-24-10-8-9-23(16-24)35-19-33-26-11-6-7-12-28(26)35/h6-19H,1-5H3. The lowest BCUT2D eigenvalue weighted by molar-refractivity contribution is 0.482. The molecule has 0 spiro atoms. The Bertz CT molecular complexity index is 1770. The molecule has 6 heteroatoms. The van der Waals surface area contributed by atoms with Crippen LogP contribution < -0.4 is 4.74 Å². The summed E-state index contributed by atoms with van der Waals surface area (Å²) in [4.78, 5) is 14.1. The summed E-state index contributed by atoms with van der Waals surface area (Å²) in [6.07, 6.45) is 3.73. The van der Waals surface area contributed by atoms with Crippen LogP contribution in [0, 0.1) is 13.8 Å². The van der Waals surface area contributed by atoms with Crippen LogP contribution in [0.3, 0.4) is 0 Å². The molecule has 0 bridgehead atoms. The van der Waals surface area contributed by atoms with Gasteiger partial charge in [0.05, 0.1) is 33.8 Å². The molecule has 0 aliphatic carbocycles. The van der Waals surface area contributed by atoms with Gasteiger partial charge in [0.1, 0.15) is 23.5 Å². The van der Waals surface area contributed by atoms with Crippen LogP contribution >= 0.6 is 0 Å². The van der Waals surface area contributed by atoms with E-state index in [2.05, 4.69) is 72.0 Å². The number of hydrogen-bond acceptors (Lipinski definition) is 4. The third-order valence-electron chi connectivity index (χ3n) is 6.84. The van der Waals surface area contributed by atoms with Crippen molar-refractivity contribution in [3.8, 4) is 28.6 Å². The molecule has 4 heterocycles. The number of nitrogens with zero attached hydrogens (tertiary/aromatic N) is 5. The second-order valence-electron chi connectivity index (χ2n) is 10.4. The third-order valence-corrected chi connectivity index (χ3v) is 6.84. The molecule has 0 saturated carbocycles. The maximum Gasteiger partial charge on any atom is 0.141 e. The number of para-hydroxylation sites is 2. The molecule has 4 aromatic heterocycles. The Morgan fingerprint density at radius 3 is 2.49 bits per heavy atom. The largest absolute Gasteiger partial charge is 0.457 e. The molecular formula is C31H29N5O. The van der Waals surface area contributed by atoms with Crippen LogP contribution in [0.5, 0.6) is 11.5 Å². The minimum atomic E-state index is 0.0166. The summed E-state index contributed by atoms with van der Waals surface area (Å²) in [7, 11) is 0. The zero-order valence-corrected chi connectivity index (χ0v) is 21.7. The average Bonchev–Trinajstić information content (AvgIpc) is 3.44. The number of aromatic nitrogens is 5. The van der Waals surface area contributed by atoms with Crippen LogP contribution in [-0.4, -0.2) is 23.9 Å². The Kier molecular flexibility index (Phi) is 5.33. The van der Waals surface area contributed by atoms with E-state index in [0.29, 0.717) is 5.75 Å². The summed E-state index contributed by atoms with van der Waals surface area (Å²) < 4.78 is 10.7. The Balaban J connectivity index is 1.44. The molecule has 37 heavy (non-hydrogen) atoms. The molecule has 0 aliphatic rings. The van der Waals surface area contributed by atoms with Crippen molar-refractivity contribution in [3.63, 3.8) is 0 Å². The molecule has 6 rings (SSSR count). The smallest absolute Gasteiger partial charge is 0.141 e. The molecule has 0 N–H and O–H groups in total. The van der Waals surface area contributed by atoms with Crippen molar-refractivity contribution in [2.24, 2.45) is 0 Å². The minimum absolute atomic E-state index is 0.0166. The first-order chi connectivity index (χ1) is 17.8. The van der Waals surface area contributed by atoms with E-state index in [1.807, 2.05) is 61.9 Å². The van der Waals surface area contributed by atoms with E-state index in [9.17, 15) is 0 Å². The van der Waals surface area contributed by atoms with E-state index in [1.54, 1.807) is 0 Å². The molecule has 184 valence electrons. The van der Waals surface area contributed by atoms with Crippen molar-refractivity contribution in [3.05, 3.63) is 102 Å². The van der Waals surface area contributed by atoms with Crippen molar-refractivity contribution in [1.82, 2.24) is 23.9 Å². The van der Waals surface area contributed by atoms with Gasteiger partial charge in [-0.25, -0.2) is 9.97 Å². The van der Waals surface area contributed by atoms with E-state index in [0.717, 1.165) is 50.9 Å². The van der Waals surface area contributed by atoms with Crippen LogP contribution in [0.2, 0.25) is 0 Å². The molecule has 2 aromatic carbocycles. The lowest BCUT2D eigenvalue weighted by Crippen LogP contribution is -2.11. The van der Waals surface area contributed by atoms with Crippen LogP contribution in [0.25, 0.3) is 33.8 Å². The van der Waals surface area contributed by atoms with E-state index in [-0.39, 0.29) is 5.41 Å². The topological polar surface area (TPSA) is 57.2 Å². The molecule has 6 nitrogen and oxygen atoms in total. The van der Waals surface area contributed by atoms with Gasteiger partial charge in [0, 0.05) is 30.1 Å². The molecule has 0 saturated heterocycles. The highest BCUT2D eigenvalue weighted by Crippen LogP contribution is 2.33. The lowest BCUT2D eigenvalue weighted by atomic mass is 9.87. The van der Waals surface area contributed by atoms with Gasteiger partial charge in [0.15, 0.2) is 0 Å². The maximum atomic E-state index is 6.43. The SMILES string of the molecule is Cc1nc2cc(Oc3cccc(-n4cnc5ccccc54)c3)cc(-c3cc(C(C)(C)C)ccn3)n2c1C. The zero-order chi connectivity index (χ0) is 25.7. The van der Waals surface area contributed by atoms with E-state index in [1.165, 1.54) is 5.56 Å². The summed E-state index contributed by atoms with van der Waals surface area (Å²) in [6.45, 7) is 10.8. The molecule has 0 unspecified atom stereocenters. The van der Waals surface area contributed by atoms with Crippen LogP contribution in [0.1, 0.15) is 37.7 Å². The summed E-state index contributed by atoms with van der Waals surface area (Å²) in [5.41, 5.74) is 9.00. The Morgan fingerprint density at radius 2 is 1.65 bits per heavy atom. The second kappa shape index (κ2) is 8.59.